The van der Waals surface area contributed by atoms with Crippen molar-refractivity contribution in [3.8, 4) is 0 Å². The zero-order valence-corrected chi connectivity index (χ0v) is 29.0. The summed E-state index contributed by atoms with van der Waals surface area (Å²) in [5.74, 6) is -2.29. The van der Waals surface area contributed by atoms with Crippen molar-refractivity contribution in [2.45, 2.75) is 69.3 Å². The normalized spacial score (nSPS) is 22.5. The number of carbonyl (C=O) groups excluding carboxylic acids is 5. The van der Waals surface area contributed by atoms with E-state index >= 15 is 0 Å². The first kappa shape index (κ1) is 34.9. The number of aromatic nitrogens is 1. The van der Waals surface area contributed by atoms with E-state index in [4.69, 9.17) is 24.8 Å². The topological polar surface area (TPSA) is 192 Å². The standard InChI is InChI=1S/C33H36N6O9S2/c1-18(47-33(44)48-22-11-7-4-8-12-22)46-31(43)26-20(15-19-13-14-38(28(19)41)21-9-5-3-6-10-21)16-49-30-25(29(42)39(26)30)36-27(40)24(37-45-2)23-17-50-32(34)35-23/h3,5-6,9-10,15,17-18,22,25,30H,4,7-8,11-14,16H2,1-2H3,(H2,34,35)(H,36,40)/b19-15+,37-24-/t18?,25-,30-/m1/s1. The second-order valence-electron chi connectivity index (χ2n) is 11.9. The van der Waals surface area contributed by atoms with Gasteiger partial charge in [0.25, 0.3) is 17.7 Å². The Morgan fingerprint density at radius 3 is 2.58 bits per heavy atom. The summed E-state index contributed by atoms with van der Waals surface area (Å²) in [5, 5.41) is 7.49. The molecule has 3 N–H and O–H groups in total. The van der Waals surface area contributed by atoms with E-state index in [0.29, 0.717) is 24.1 Å². The molecule has 0 bridgehead atoms. The largest absolute Gasteiger partial charge is 0.511 e. The van der Waals surface area contributed by atoms with E-state index in [0.717, 1.165) is 49.1 Å². The number of nitrogen functional groups attached to an aromatic ring is 1. The number of ether oxygens (including phenoxy) is 3. The molecule has 1 aromatic heterocycles. The maximum absolute atomic E-state index is 13.8. The molecular weight excluding hydrogens is 689 g/mol. The van der Waals surface area contributed by atoms with Crippen LogP contribution in [0.1, 0.15) is 51.1 Å². The second-order valence-corrected chi connectivity index (χ2v) is 13.9. The average Bonchev–Trinajstić information content (AvgIpc) is 3.70. The van der Waals surface area contributed by atoms with Crippen molar-refractivity contribution in [1.29, 1.82) is 0 Å². The molecule has 1 saturated carbocycles. The highest BCUT2D eigenvalue weighted by atomic mass is 32.2. The lowest BCUT2D eigenvalue weighted by Crippen LogP contribution is -2.71. The number of benzene rings is 1. The third-order valence-corrected chi connectivity index (χ3v) is 10.5. The van der Waals surface area contributed by atoms with Gasteiger partial charge < -0.3 is 35.0 Å². The number of nitrogens with zero attached hydrogens (tertiary/aromatic N) is 4. The third-order valence-electron chi connectivity index (χ3n) is 8.53. The number of esters is 1. The third kappa shape index (κ3) is 7.47. The molecule has 1 aliphatic carbocycles. The Labute approximate surface area is 295 Å². The van der Waals surface area contributed by atoms with Crippen molar-refractivity contribution < 1.29 is 43.0 Å². The molecule has 264 valence electrons. The van der Waals surface area contributed by atoms with Gasteiger partial charge in [-0.2, -0.15) is 0 Å². The molecule has 50 heavy (non-hydrogen) atoms. The Morgan fingerprint density at radius 2 is 1.88 bits per heavy atom. The van der Waals surface area contributed by atoms with Crippen molar-refractivity contribution in [3.63, 3.8) is 0 Å². The fourth-order valence-corrected chi connectivity index (χ4v) is 8.02. The van der Waals surface area contributed by atoms with Crippen molar-refractivity contribution in [3.05, 3.63) is 64.3 Å². The zero-order chi connectivity index (χ0) is 35.4. The number of oxime groups is 1. The molecule has 15 nitrogen and oxygen atoms in total. The predicted molar refractivity (Wildman–Crippen MR) is 184 cm³/mol. The van der Waals surface area contributed by atoms with Gasteiger partial charge in [-0.1, -0.05) is 29.8 Å². The Kier molecular flexibility index (Phi) is 10.7. The molecule has 3 amide bonds. The van der Waals surface area contributed by atoms with Crippen LogP contribution in [0.3, 0.4) is 0 Å². The lowest BCUT2D eigenvalue weighted by Gasteiger charge is -2.49. The fraction of sp³-hybridized carbons (Fsp3) is 0.424. The molecule has 1 aromatic carbocycles. The van der Waals surface area contributed by atoms with Gasteiger partial charge in [0.05, 0.1) is 0 Å². The van der Waals surface area contributed by atoms with Crippen molar-refractivity contribution in [1.82, 2.24) is 15.2 Å². The van der Waals surface area contributed by atoms with Crippen LogP contribution in [0.15, 0.2) is 63.8 Å². The minimum atomic E-state index is -1.35. The molecule has 17 heteroatoms. The zero-order valence-electron chi connectivity index (χ0n) is 27.4. The molecule has 0 spiro atoms. The van der Waals surface area contributed by atoms with Gasteiger partial charge in [0.1, 0.15) is 36.0 Å². The summed E-state index contributed by atoms with van der Waals surface area (Å²) < 4.78 is 16.1. The van der Waals surface area contributed by atoms with Gasteiger partial charge in [-0.05, 0) is 55.9 Å². The van der Waals surface area contributed by atoms with Crippen LogP contribution in [0, 0.1) is 0 Å². The summed E-state index contributed by atoms with van der Waals surface area (Å²) in [4.78, 5) is 78.4. The summed E-state index contributed by atoms with van der Waals surface area (Å²) in [6.07, 6.45) is 3.91. The summed E-state index contributed by atoms with van der Waals surface area (Å²) in [6.45, 7) is 1.81. The summed E-state index contributed by atoms with van der Waals surface area (Å²) in [5.41, 5.74) is 7.18. The van der Waals surface area contributed by atoms with Gasteiger partial charge in [-0.15, -0.1) is 23.1 Å². The highest BCUT2D eigenvalue weighted by molar-refractivity contribution is 8.00. The van der Waals surface area contributed by atoms with Gasteiger partial charge in [-0.25, -0.2) is 14.6 Å². The van der Waals surface area contributed by atoms with E-state index in [1.165, 1.54) is 36.1 Å². The minimum absolute atomic E-state index is 0.114. The highest BCUT2D eigenvalue weighted by Crippen LogP contribution is 2.42. The first-order valence-corrected chi connectivity index (χ1v) is 18.0. The fourth-order valence-electron chi connectivity index (χ4n) is 6.17. The number of amides is 3. The number of thioether (sulfide) groups is 1. The average molecular weight is 725 g/mol. The molecule has 3 aliphatic heterocycles. The van der Waals surface area contributed by atoms with E-state index in [1.54, 1.807) is 11.0 Å². The van der Waals surface area contributed by atoms with Crippen molar-refractivity contribution >= 4 is 69.5 Å². The number of carbonyl (C=O) groups is 5. The first-order chi connectivity index (χ1) is 24.1. The lowest BCUT2D eigenvalue weighted by molar-refractivity contribution is -0.169. The lowest BCUT2D eigenvalue weighted by atomic mass is 9.98. The maximum atomic E-state index is 13.8. The van der Waals surface area contributed by atoms with E-state index in [1.807, 2.05) is 30.3 Å². The number of allylic oxidation sites excluding steroid dienone is 1. The van der Waals surface area contributed by atoms with Crippen LogP contribution in [0.4, 0.5) is 15.6 Å². The maximum Gasteiger partial charge on any atom is 0.511 e. The Balaban J connectivity index is 1.22. The van der Waals surface area contributed by atoms with Crippen LogP contribution in [0.5, 0.6) is 0 Å². The smallest absolute Gasteiger partial charge is 0.431 e. The van der Waals surface area contributed by atoms with Gasteiger partial charge in [0, 0.05) is 35.9 Å². The predicted octanol–water partition coefficient (Wildman–Crippen LogP) is 3.47. The molecule has 0 radical (unpaired) electrons. The monoisotopic (exact) mass is 724 g/mol. The highest BCUT2D eigenvalue weighted by Gasteiger charge is 2.55. The number of nitrogens with one attached hydrogen (secondary N) is 1. The van der Waals surface area contributed by atoms with Gasteiger partial charge in [0.2, 0.25) is 6.29 Å². The van der Waals surface area contributed by atoms with Gasteiger partial charge >= 0.3 is 12.1 Å². The van der Waals surface area contributed by atoms with E-state index in [2.05, 4.69) is 15.5 Å². The van der Waals surface area contributed by atoms with Crippen molar-refractivity contribution in [2.24, 2.45) is 5.16 Å². The van der Waals surface area contributed by atoms with Crippen LogP contribution in [-0.2, 0) is 38.2 Å². The summed E-state index contributed by atoms with van der Waals surface area (Å²) in [7, 11) is 1.27. The first-order valence-electron chi connectivity index (χ1n) is 16.1. The van der Waals surface area contributed by atoms with E-state index in [-0.39, 0.29) is 40.0 Å². The van der Waals surface area contributed by atoms with E-state index < -0.39 is 41.6 Å². The van der Waals surface area contributed by atoms with E-state index in [9.17, 15) is 24.0 Å². The van der Waals surface area contributed by atoms with Crippen LogP contribution < -0.4 is 16.0 Å². The number of anilines is 2. The minimum Gasteiger partial charge on any atom is -0.431 e. The Bertz CT molecular complexity index is 1750. The molecule has 2 aromatic rings. The molecule has 3 atom stereocenters. The molecule has 4 heterocycles. The summed E-state index contributed by atoms with van der Waals surface area (Å²) >= 11 is 2.40. The molecule has 2 saturated heterocycles. The summed E-state index contributed by atoms with van der Waals surface area (Å²) in [6, 6.07) is 8.18. The van der Waals surface area contributed by atoms with Gasteiger partial charge in [-0.3, -0.25) is 19.3 Å². The number of β-lactam (4-membered cyclic amide) rings is 1. The Hall–Kier alpha value is -4.90. The quantitative estimate of drug-likeness (QED) is 0.0907. The number of hydrogen-bond donors (Lipinski definition) is 2. The number of nitrogens with two attached hydrogens (primary N) is 1. The van der Waals surface area contributed by atoms with Crippen LogP contribution >= 0.6 is 23.1 Å². The van der Waals surface area contributed by atoms with Crippen LogP contribution in [0.2, 0.25) is 0 Å². The molecule has 4 aliphatic rings. The number of rotatable bonds is 10. The number of hydrogen-bond acceptors (Lipinski definition) is 14. The molecule has 1 unspecified atom stereocenters. The molecule has 3 fully saturated rings. The van der Waals surface area contributed by atoms with Crippen LogP contribution in [0.25, 0.3) is 0 Å². The number of fused-ring (bicyclic) bond motifs is 1. The SMILES string of the molecule is CO/N=C(\C(=O)N[C@@H]1C(=O)N2C(C(=O)OC(C)OC(=O)OC3CCCCC3)=C(/C=C3\CCN(c4ccccc4)C3=O)CS[C@H]12)c1csc(N)n1. The second kappa shape index (κ2) is 15.3. The van der Waals surface area contributed by atoms with Crippen LogP contribution in [-0.4, -0.2) is 88.7 Å². The van der Waals surface area contributed by atoms with Crippen molar-refractivity contribution in [2.75, 3.05) is 30.0 Å². The van der Waals surface area contributed by atoms with Gasteiger partial charge in [0.15, 0.2) is 10.8 Å². The molecular formula is C33H36N6O9S2. The number of para-hydroxylation sites is 1. The number of thiazole rings is 1. The molecule has 6 rings (SSSR count). The Morgan fingerprint density at radius 1 is 1.12 bits per heavy atom.